The summed E-state index contributed by atoms with van der Waals surface area (Å²) in [6.07, 6.45) is -11.9. The third-order valence-electron chi connectivity index (χ3n) is 3.30. The molecule has 1 N–H and O–H groups in total. The van der Waals surface area contributed by atoms with Gasteiger partial charge in [0.25, 0.3) is 5.60 Å². The molecular formula is C11H18F6O. The molecule has 0 aromatic heterocycles. The number of hydrogen-bond donors (Lipinski definition) is 1. The molecule has 110 valence electrons. The molecule has 0 radical (unpaired) electrons. The summed E-state index contributed by atoms with van der Waals surface area (Å²) in [5, 5.41) is 9.42. The first kappa shape index (κ1) is 17.5. The fourth-order valence-electron chi connectivity index (χ4n) is 2.44. The van der Waals surface area contributed by atoms with E-state index in [4.69, 9.17) is 0 Å². The third-order valence-corrected chi connectivity index (χ3v) is 3.30. The molecule has 0 heterocycles. The van der Waals surface area contributed by atoms with Crippen LogP contribution in [0.25, 0.3) is 0 Å². The predicted molar refractivity (Wildman–Crippen MR) is 55.0 cm³/mol. The molecule has 0 fully saturated rings. The summed E-state index contributed by atoms with van der Waals surface area (Å²) in [7, 11) is 0. The van der Waals surface area contributed by atoms with Gasteiger partial charge in [0.2, 0.25) is 0 Å². The first-order valence-corrected chi connectivity index (χ1v) is 5.73. The minimum atomic E-state index is -5.75. The van der Waals surface area contributed by atoms with Crippen molar-refractivity contribution < 1.29 is 31.4 Å². The van der Waals surface area contributed by atoms with Crippen molar-refractivity contribution >= 4 is 0 Å². The van der Waals surface area contributed by atoms with E-state index >= 15 is 0 Å². The molecule has 0 aliphatic carbocycles. The van der Waals surface area contributed by atoms with Crippen molar-refractivity contribution in [2.75, 3.05) is 0 Å². The number of alkyl halides is 6. The van der Waals surface area contributed by atoms with Gasteiger partial charge < -0.3 is 5.11 Å². The van der Waals surface area contributed by atoms with Crippen LogP contribution in [-0.4, -0.2) is 23.1 Å². The predicted octanol–water partition coefficient (Wildman–Crippen LogP) is 4.45. The molecule has 0 aliphatic heterocycles. The van der Waals surface area contributed by atoms with Crippen molar-refractivity contribution in [3.63, 3.8) is 0 Å². The Morgan fingerprint density at radius 1 is 0.778 bits per heavy atom. The lowest BCUT2D eigenvalue weighted by Crippen LogP contribution is -2.66. The lowest BCUT2D eigenvalue weighted by molar-refractivity contribution is -0.403. The number of rotatable bonds is 5. The van der Waals surface area contributed by atoms with E-state index < -0.39 is 23.4 Å². The average Bonchev–Trinajstić information content (AvgIpc) is 2.13. The average molecular weight is 280 g/mol. The number of aliphatic hydroxyl groups is 1. The second-order valence-corrected chi connectivity index (χ2v) is 4.77. The lowest BCUT2D eigenvalue weighted by atomic mass is 9.66. The van der Waals surface area contributed by atoms with Crippen molar-refractivity contribution in [2.45, 2.75) is 64.4 Å². The zero-order valence-electron chi connectivity index (χ0n) is 10.5. The van der Waals surface area contributed by atoms with Gasteiger partial charge in [-0.15, -0.1) is 0 Å². The Morgan fingerprint density at radius 3 is 1.22 bits per heavy atom. The minimum Gasteiger partial charge on any atom is -0.373 e. The van der Waals surface area contributed by atoms with Crippen molar-refractivity contribution in [3.05, 3.63) is 0 Å². The van der Waals surface area contributed by atoms with Crippen LogP contribution in [0.3, 0.4) is 0 Å². The van der Waals surface area contributed by atoms with Crippen LogP contribution in [0.1, 0.15) is 46.5 Å². The van der Waals surface area contributed by atoms with Gasteiger partial charge in [-0.25, -0.2) is 0 Å². The van der Waals surface area contributed by atoms with E-state index in [0.717, 1.165) is 6.92 Å². The number of hydrogen-bond acceptors (Lipinski definition) is 1. The van der Waals surface area contributed by atoms with E-state index in [-0.39, 0.29) is 25.7 Å². The van der Waals surface area contributed by atoms with Crippen LogP contribution in [0.4, 0.5) is 26.3 Å². The molecule has 0 atom stereocenters. The highest BCUT2D eigenvalue weighted by Crippen LogP contribution is 2.56. The molecule has 0 unspecified atom stereocenters. The van der Waals surface area contributed by atoms with E-state index in [1.54, 1.807) is 0 Å². The Hall–Kier alpha value is -0.460. The van der Waals surface area contributed by atoms with Crippen LogP contribution in [0.15, 0.2) is 0 Å². The Kier molecular flexibility index (Phi) is 5.13. The number of halogens is 6. The van der Waals surface area contributed by atoms with Gasteiger partial charge in [0.1, 0.15) is 0 Å². The smallest absolute Gasteiger partial charge is 0.373 e. The van der Waals surface area contributed by atoms with Gasteiger partial charge in [-0.05, 0) is 12.8 Å². The minimum absolute atomic E-state index is 0.130. The second kappa shape index (κ2) is 5.27. The monoisotopic (exact) mass is 280 g/mol. The lowest BCUT2D eigenvalue weighted by Gasteiger charge is -2.46. The maximum atomic E-state index is 12.8. The summed E-state index contributed by atoms with van der Waals surface area (Å²) in [4.78, 5) is 0. The first-order chi connectivity index (χ1) is 7.87. The maximum Gasteiger partial charge on any atom is 0.426 e. The second-order valence-electron chi connectivity index (χ2n) is 4.77. The van der Waals surface area contributed by atoms with Crippen LogP contribution in [-0.2, 0) is 0 Å². The van der Waals surface area contributed by atoms with E-state index in [0.29, 0.717) is 0 Å². The van der Waals surface area contributed by atoms with Crippen molar-refractivity contribution in [1.82, 2.24) is 0 Å². The molecule has 0 amide bonds. The van der Waals surface area contributed by atoms with Crippen LogP contribution < -0.4 is 0 Å². The van der Waals surface area contributed by atoms with Crippen LogP contribution in [0.5, 0.6) is 0 Å². The van der Waals surface area contributed by atoms with Gasteiger partial charge in [0.05, 0.1) is 0 Å². The van der Waals surface area contributed by atoms with Crippen molar-refractivity contribution in [1.29, 1.82) is 0 Å². The van der Waals surface area contributed by atoms with Gasteiger partial charge in [-0.1, -0.05) is 33.6 Å². The van der Waals surface area contributed by atoms with Gasteiger partial charge in [0, 0.05) is 5.41 Å². The highest BCUT2D eigenvalue weighted by Gasteiger charge is 2.77. The summed E-state index contributed by atoms with van der Waals surface area (Å²) < 4.78 is 76.6. The first-order valence-electron chi connectivity index (χ1n) is 5.73. The molecule has 1 nitrogen and oxygen atoms in total. The maximum absolute atomic E-state index is 12.8. The van der Waals surface area contributed by atoms with E-state index in [9.17, 15) is 31.4 Å². The standard InChI is InChI=1S/C11H18F6O/c1-4-6-8(3,7-5-2)9(18,10(12,13)14)11(15,16)17/h18H,4-7H2,1-3H3. The van der Waals surface area contributed by atoms with Crippen molar-refractivity contribution in [3.8, 4) is 0 Å². The third kappa shape index (κ3) is 2.75. The topological polar surface area (TPSA) is 20.2 Å². The van der Waals surface area contributed by atoms with Crippen LogP contribution in [0, 0.1) is 5.41 Å². The highest BCUT2D eigenvalue weighted by atomic mass is 19.4. The summed E-state index contributed by atoms with van der Waals surface area (Å²) in [5.41, 5.74) is -6.94. The molecule has 7 heteroatoms. The summed E-state index contributed by atoms with van der Waals surface area (Å²) in [5.74, 6) is 0. The van der Waals surface area contributed by atoms with Crippen LogP contribution >= 0.6 is 0 Å². The van der Waals surface area contributed by atoms with E-state index in [2.05, 4.69) is 0 Å². The van der Waals surface area contributed by atoms with Crippen molar-refractivity contribution in [2.24, 2.45) is 5.41 Å². The van der Waals surface area contributed by atoms with Gasteiger partial charge in [-0.3, -0.25) is 0 Å². The molecule has 0 aliphatic rings. The SMILES string of the molecule is CCCC(C)(CCC)C(O)(C(F)(F)F)C(F)(F)F. The fraction of sp³-hybridized carbons (Fsp3) is 1.00. The van der Waals surface area contributed by atoms with E-state index in [1.165, 1.54) is 13.8 Å². The fourth-order valence-corrected chi connectivity index (χ4v) is 2.44. The molecule has 0 bridgehead atoms. The zero-order chi connectivity index (χ0) is 14.8. The molecule has 0 saturated carbocycles. The Balaban J connectivity index is 5.83. The molecule has 0 aromatic carbocycles. The van der Waals surface area contributed by atoms with E-state index in [1.807, 2.05) is 0 Å². The van der Waals surface area contributed by atoms with Crippen LogP contribution in [0.2, 0.25) is 0 Å². The summed E-state index contributed by atoms with van der Waals surface area (Å²) in [6, 6.07) is 0. The largest absolute Gasteiger partial charge is 0.426 e. The zero-order valence-corrected chi connectivity index (χ0v) is 10.5. The highest BCUT2D eigenvalue weighted by molar-refractivity contribution is 5.06. The molecule has 0 spiro atoms. The molecule has 0 rings (SSSR count). The molecule has 18 heavy (non-hydrogen) atoms. The Morgan fingerprint density at radius 2 is 1.06 bits per heavy atom. The van der Waals surface area contributed by atoms with Gasteiger partial charge in [-0.2, -0.15) is 26.3 Å². The van der Waals surface area contributed by atoms with Gasteiger partial charge in [0.15, 0.2) is 0 Å². The Labute approximate surface area is 102 Å². The normalized spacial score (nSPS) is 15.0. The molecular weight excluding hydrogens is 262 g/mol. The summed E-state index contributed by atoms with van der Waals surface area (Å²) >= 11 is 0. The van der Waals surface area contributed by atoms with Gasteiger partial charge >= 0.3 is 12.4 Å². The molecule has 0 aromatic rings. The molecule has 0 saturated heterocycles. The quantitative estimate of drug-likeness (QED) is 0.738. The summed E-state index contributed by atoms with van der Waals surface area (Å²) in [6.45, 7) is 3.82. The Bertz CT molecular complexity index is 248.